The lowest BCUT2D eigenvalue weighted by atomic mass is 10.2. The van der Waals surface area contributed by atoms with Crippen LogP contribution in [0, 0.1) is 0 Å². The summed E-state index contributed by atoms with van der Waals surface area (Å²) in [7, 11) is 0. The van der Waals surface area contributed by atoms with Crippen LogP contribution in [0.4, 0.5) is 0 Å². The average molecular weight is 223 g/mol. The van der Waals surface area contributed by atoms with E-state index in [2.05, 4.69) is 11.4 Å². The molecule has 0 saturated carbocycles. The Morgan fingerprint density at radius 1 is 1.47 bits per heavy atom. The molecule has 0 aliphatic carbocycles. The van der Waals surface area contributed by atoms with Crippen LogP contribution in [0.15, 0.2) is 24.3 Å². The number of hydrogen-bond donors (Lipinski definition) is 2. The molecule has 1 fully saturated rings. The minimum Gasteiger partial charge on any atom is -0.508 e. The Kier molecular flexibility index (Phi) is 3.92. The van der Waals surface area contributed by atoms with Gasteiger partial charge in [-0.05, 0) is 37.1 Å². The van der Waals surface area contributed by atoms with Crippen LogP contribution in [-0.4, -0.2) is 23.4 Å². The zero-order chi connectivity index (χ0) is 10.5. The van der Waals surface area contributed by atoms with E-state index in [1.165, 1.54) is 30.7 Å². The van der Waals surface area contributed by atoms with Crippen molar-refractivity contribution < 1.29 is 5.11 Å². The number of hydrogen-bond acceptors (Lipinski definition) is 3. The molecule has 0 spiro atoms. The molecule has 2 rings (SSSR count). The lowest BCUT2D eigenvalue weighted by Gasteiger charge is -2.09. The number of rotatable bonds is 4. The molecule has 1 aromatic carbocycles. The maximum absolute atomic E-state index is 9.30. The Balaban J connectivity index is 1.73. The highest BCUT2D eigenvalue weighted by Crippen LogP contribution is 2.19. The topological polar surface area (TPSA) is 32.3 Å². The van der Waals surface area contributed by atoms with Crippen LogP contribution >= 0.6 is 11.8 Å². The highest BCUT2D eigenvalue weighted by atomic mass is 32.2. The molecule has 1 heterocycles. The third-order valence-electron chi connectivity index (χ3n) is 2.66. The van der Waals surface area contributed by atoms with Crippen LogP contribution < -0.4 is 5.32 Å². The van der Waals surface area contributed by atoms with E-state index in [0.29, 0.717) is 11.8 Å². The molecule has 82 valence electrons. The van der Waals surface area contributed by atoms with Crippen molar-refractivity contribution in [2.45, 2.75) is 24.6 Å². The fourth-order valence-electron chi connectivity index (χ4n) is 1.86. The van der Waals surface area contributed by atoms with E-state index in [1.807, 2.05) is 23.9 Å². The highest BCUT2D eigenvalue weighted by Gasteiger charge is 2.13. The monoisotopic (exact) mass is 223 g/mol. The minimum absolute atomic E-state index is 0.368. The Labute approximate surface area is 95.1 Å². The number of benzene rings is 1. The van der Waals surface area contributed by atoms with Crippen LogP contribution in [0.5, 0.6) is 5.75 Å². The Hall–Kier alpha value is -0.670. The van der Waals surface area contributed by atoms with E-state index in [1.54, 1.807) is 6.07 Å². The van der Waals surface area contributed by atoms with E-state index in [4.69, 9.17) is 0 Å². The van der Waals surface area contributed by atoms with Gasteiger partial charge in [-0.15, -0.1) is 0 Å². The van der Waals surface area contributed by atoms with Gasteiger partial charge in [-0.2, -0.15) is 11.8 Å². The SMILES string of the molecule is Oc1cccc(CSCC2CCCN2)c1. The highest BCUT2D eigenvalue weighted by molar-refractivity contribution is 7.98. The van der Waals surface area contributed by atoms with Crippen molar-refractivity contribution in [3.05, 3.63) is 29.8 Å². The molecule has 3 heteroatoms. The third kappa shape index (κ3) is 3.43. The lowest BCUT2D eigenvalue weighted by Crippen LogP contribution is -2.23. The Bertz CT molecular complexity index is 310. The third-order valence-corrected chi connectivity index (χ3v) is 3.84. The molecule has 1 aliphatic rings. The van der Waals surface area contributed by atoms with Crippen molar-refractivity contribution in [2.24, 2.45) is 0 Å². The Morgan fingerprint density at radius 2 is 2.40 bits per heavy atom. The maximum Gasteiger partial charge on any atom is 0.115 e. The number of aromatic hydroxyl groups is 1. The summed E-state index contributed by atoms with van der Waals surface area (Å²) in [6.45, 7) is 1.18. The summed E-state index contributed by atoms with van der Waals surface area (Å²) < 4.78 is 0. The molecule has 0 aromatic heterocycles. The van der Waals surface area contributed by atoms with E-state index >= 15 is 0 Å². The minimum atomic E-state index is 0.368. The molecule has 15 heavy (non-hydrogen) atoms. The van der Waals surface area contributed by atoms with Crippen molar-refractivity contribution in [1.82, 2.24) is 5.32 Å². The standard InChI is InChI=1S/C12H17NOS/c14-12-5-1-3-10(7-12)8-15-9-11-4-2-6-13-11/h1,3,5,7,11,13-14H,2,4,6,8-9H2. The summed E-state index contributed by atoms with van der Waals surface area (Å²) in [6, 6.07) is 8.22. The summed E-state index contributed by atoms with van der Waals surface area (Å²) in [4.78, 5) is 0. The molecule has 1 atom stereocenters. The summed E-state index contributed by atoms with van der Waals surface area (Å²) >= 11 is 1.94. The number of thioether (sulfide) groups is 1. The van der Waals surface area contributed by atoms with Gasteiger partial charge in [0.15, 0.2) is 0 Å². The maximum atomic E-state index is 9.30. The second-order valence-corrected chi connectivity index (χ2v) is 5.01. The molecular weight excluding hydrogens is 206 g/mol. The molecule has 0 radical (unpaired) electrons. The van der Waals surface area contributed by atoms with Crippen molar-refractivity contribution in [1.29, 1.82) is 0 Å². The lowest BCUT2D eigenvalue weighted by molar-refractivity contribution is 0.475. The number of nitrogens with one attached hydrogen (secondary N) is 1. The summed E-state index contributed by atoms with van der Waals surface area (Å²) in [5.41, 5.74) is 1.21. The molecule has 2 nitrogen and oxygen atoms in total. The van der Waals surface area contributed by atoms with Crippen molar-refractivity contribution in [2.75, 3.05) is 12.3 Å². The van der Waals surface area contributed by atoms with Gasteiger partial charge < -0.3 is 10.4 Å². The molecule has 1 saturated heterocycles. The van der Waals surface area contributed by atoms with Crippen molar-refractivity contribution in [3.63, 3.8) is 0 Å². The van der Waals surface area contributed by atoms with E-state index in [-0.39, 0.29) is 0 Å². The second kappa shape index (κ2) is 5.42. The molecule has 1 unspecified atom stereocenters. The van der Waals surface area contributed by atoms with Gasteiger partial charge in [-0.3, -0.25) is 0 Å². The van der Waals surface area contributed by atoms with Gasteiger partial charge in [0.1, 0.15) is 5.75 Å². The first-order valence-electron chi connectivity index (χ1n) is 5.43. The van der Waals surface area contributed by atoms with Crippen LogP contribution in [-0.2, 0) is 5.75 Å². The predicted molar refractivity (Wildman–Crippen MR) is 65.3 cm³/mol. The van der Waals surface area contributed by atoms with E-state index in [9.17, 15) is 5.11 Å². The fourth-order valence-corrected chi connectivity index (χ4v) is 2.97. The molecule has 1 aromatic rings. The molecule has 1 aliphatic heterocycles. The first-order valence-corrected chi connectivity index (χ1v) is 6.59. The molecular formula is C12H17NOS. The molecule has 2 N–H and O–H groups in total. The first kappa shape index (κ1) is 10.8. The largest absolute Gasteiger partial charge is 0.508 e. The van der Waals surface area contributed by atoms with Gasteiger partial charge in [0.05, 0.1) is 0 Å². The van der Waals surface area contributed by atoms with Gasteiger partial charge in [0.2, 0.25) is 0 Å². The van der Waals surface area contributed by atoms with Crippen LogP contribution in [0.3, 0.4) is 0 Å². The van der Waals surface area contributed by atoms with Gasteiger partial charge in [-0.1, -0.05) is 12.1 Å². The fraction of sp³-hybridized carbons (Fsp3) is 0.500. The second-order valence-electron chi connectivity index (χ2n) is 3.98. The van der Waals surface area contributed by atoms with Crippen LogP contribution in [0.1, 0.15) is 18.4 Å². The van der Waals surface area contributed by atoms with Gasteiger partial charge in [0, 0.05) is 17.5 Å². The van der Waals surface area contributed by atoms with Gasteiger partial charge in [0.25, 0.3) is 0 Å². The van der Waals surface area contributed by atoms with Crippen molar-refractivity contribution in [3.8, 4) is 5.75 Å². The van der Waals surface area contributed by atoms with Gasteiger partial charge >= 0.3 is 0 Å². The van der Waals surface area contributed by atoms with Crippen LogP contribution in [0.2, 0.25) is 0 Å². The first-order chi connectivity index (χ1) is 7.34. The molecule has 0 amide bonds. The van der Waals surface area contributed by atoms with E-state index in [0.717, 1.165) is 5.75 Å². The van der Waals surface area contributed by atoms with Crippen molar-refractivity contribution >= 4 is 11.8 Å². The number of phenols is 1. The zero-order valence-corrected chi connectivity index (χ0v) is 9.59. The quantitative estimate of drug-likeness (QED) is 0.822. The molecule has 0 bridgehead atoms. The van der Waals surface area contributed by atoms with Crippen LogP contribution in [0.25, 0.3) is 0 Å². The van der Waals surface area contributed by atoms with E-state index < -0.39 is 0 Å². The normalized spacial score (nSPS) is 20.7. The van der Waals surface area contributed by atoms with Gasteiger partial charge in [-0.25, -0.2) is 0 Å². The average Bonchev–Trinajstić information content (AvgIpc) is 2.71. The summed E-state index contributed by atoms with van der Waals surface area (Å²) in [6.07, 6.45) is 2.63. The predicted octanol–water partition coefficient (Wildman–Crippen LogP) is 2.38. The Morgan fingerprint density at radius 3 is 3.13 bits per heavy atom. The summed E-state index contributed by atoms with van der Waals surface area (Å²) in [5, 5.41) is 12.8. The zero-order valence-electron chi connectivity index (χ0n) is 8.78. The smallest absolute Gasteiger partial charge is 0.115 e. The summed E-state index contributed by atoms with van der Waals surface area (Å²) in [5.74, 6) is 2.54. The number of phenolic OH excluding ortho intramolecular Hbond substituents is 1.